The van der Waals surface area contributed by atoms with Gasteiger partial charge in [0.15, 0.2) is 6.10 Å². The zero-order chi connectivity index (χ0) is 12.0. The average Bonchev–Trinajstić information content (AvgIpc) is 2.24. The van der Waals surface area contributed by atoms with Crippen molar-refractivity contribution in [2.24, 2.45) is 0 Å². The minimum absolute atomic E-state index is 0.826. The van der Waals surface area contributed by atoms with Crippen LogP contribution >= 0.6 is 0 Å². The van der Waals surface area contributed by atoms with Crippen LogP contribution in [0.15, 0.2) is 30.3 Å². The highest BCUT2D eigenvalue weighted by atomic mass is 16.3. The fraction of sp³-hybridized carbons (Fsp3) is 0.286. The first-order valence-electron chi connectivity index (χ1n) is 4.97. The molecule has 0 heterocycles. The van der Waals surface area contributed by atoms with E-state index < -0.39 is 11.7 Å². The van der Waals surface area contributed by atoms with E-state index in [4.69, 9.17) is 0 Å². The molecule has 0 aliphatic rings. The van der Waals surface area contributed by atoms with Gasteiger partial charge in [-0.25, -0.2) is 0 Å². The summed E-state index contributed by atoms with van der Waals surface area (Å²) in [6.07, 6.45) is -1.04. The van der Waals surface area contributed by atoms with Crippen LogP contribution in [0.4, 0.5) is 0 Å². The van der Waals surface area contributed by atoms with Crippen LogP contribution in [-0.4, -0.2) is 21.9 Å². The third-order valence-electron chi connectivity index (χ3n) is 1.64. The minimum Gasteiger partial charge on any atom is -0.378 e. The van der Waals surface area contributed by atoms with Gasteiger partial charge >= 0.3 is 0 Å². The number of aliphatic hydroxyl groups excluding tert-OH is 1. The SMILES string of the molecule is CC(C)(O)C#C[C@@H](O)C#Cc1ccccc1. The summed E-state index contributed by atoms with van der Waals surface area (Å²) < 4.78 is 0. The van der Waals surface area contributed by atoms with E-state index in [-0.39, 0.29) is 0 Å². The van der Waals surface area contributed by atoms with E-state index in [9.17, 15) is 10.2 Å². The summed E-state index contributed by atoms with van der Waals surface area (Å²) in [6, 6.07) is 9.35. The van der Waals surface area contributed by atoms with Crippen LogP contribution in [0.3, 0.4) is 0 Å². The maximum atomic E-state index is 9.42. The first kappa shape index (κ1) is 12.3. The Morgan fingerprint density at radius 2 is 1.75 bits per heavy atom. The van der Waals surface area contributed by atoms with Crippen molar-refractivity contribution in [3.05, 3.63) is 35.9 Å². The molecule has 0 amide bonds. The van der Waals surface area contributed by atoms with Crippen LogP contribution in [0.2, 0.25) is 0 Å². The predicted octanol–water partition coefficient (Wildman–Crippen LogP) is 1.17. The first-order chi connectivity index (χ1) is 7.47. The van der Waals surface area contributed by atoms with E-state index in [1.165, 1.54) is 0 Å². The second-order valence-corrected chi connectivity index (χ2v) is 3.87. The number of rotatable bonds is 0. The van der Waals surface area contributed by atoms with Crippen molar-refractivity contribution in [1.82, 2.24) is 0 Å². The third kappa shape index (κ3) is 5.22. The summed E-state index contributed by atoms with van der Waals surface area (Å²) in [5, 5.41) is 18.7. The molecule has 0 bridgehead atoms. The van der Waals surface area contributed by atoms with E-state index in [1.807, 2.05) is 30.3 Å². The molecule has 0 spiro atoms. The number of hydrogen-bond acceptors (Lipinski definition) is 2. The lowest BCUT2D eigenvalue weighted by Crippen LogP contribution is -2.15. The van der Waals surface area contributed by atoms with Gasteiger partial charge in [0.05, 0.1) is 0 Å². The summed E-state index contributed by atoms with van der Waals surface area (Å²) in [4.78, 5) is 0. The number of benzene rings is 1. The van der Waals surface area contributed by atoms with Crippen molar-refractivity contribution in [1.29, 1.82) is 0 Å². The van der Waals surface area contributed by atoms with E-state index in [0.29, 0.717) is 0 Å². The minimum atomic E-state index is -1.10. The van der Waals surface area contributed by atoms with Gasteiger partial charge in [0.25, 0.3) is 0 Å². The highest BCUT2D eigenvalue weighted by Crippen LogP contribution is 1.97. The Kier molecular flexibility index (Phi) is 4.14. The van der Waals surface area contributed by atoms with Gasteiger partial charge in [0, 0.05) is 5.56 Å². The van der Waals surface area contributed by atoms with E-state index in [0.717, 1.165) is 5.56 Å². The Balaban J connectivity index is 2.68. The van der Waals surface area contributed by atoms with Gasteiger partial charge in [0.2, 0.25) is 0 Å². The summed E-state index contributed by atoms with van der Waals surface area (Å²) in [7, 11) is 0. The molecule has 2 nitrogen and oxygen atoms in total. The molecule has 0 aliphatic heterocycles. The topological polar surface area (TPSA) is 40.5 Å². The van der Waals surface area contributed by atoms with Gasteiger partial charge in [0.1, 0.15) is 5.60 Å². The second kappa shape index (κ2) is 5.37. The molecule has 0 aliphatic carbocycles. The summed E-state index contributed by atoms with van der Waals surface area (Å²) in [6.45, 7) is 3.11. The molecular weight excluding hydrogens is 200 g/mol. The van der Waals surface area contributed by atoms with Crippen LogP contribution in [0.25, 0.3) is 0 Å². The molecule has 0 saturated heterocycles. The Morgan fingerprint density at radius 3 is 2.31 bits per heavy atom. The third-order valence-corrected chi connectivity index (χ3v) is 1.64. The van der Waals surface area contributed by atoms with Crippen LogP contribution in [0, 0.1) is 23.7 Å². The van der Waals surface area contributed by atoms with Crippen molar-refractivity contribution < 1.29 is 10.2 Å². The monoisotopic (exact) mass is 214 g/mol. The summed E-state index contributed by atoms with van der Waals surface area (Å²) in [5.41, 5.74) is -0.276. The second-order valence-electron chi connectivity index (χ2n) is 3.87. The van der Waals surface area contributed by atoms with Crippen LogP contribution in [0.5, 0.6) is 0 Å². The van der Waals surface area contributed by atoms with Crippen molar-refractivity contribution >= 4 is 0 Å². The molecule has 82 valence electrons. The van der Waals surface area contributed by atoms with E-state index >= 15 is 0 Å². The molecule has 16 heavy (non-hydrogen) atoms. The maximum absolute atomic E-state index is 9.42. The molecule has 1 aromatic carbocycles. The van der Waals surface area contributed by atoms with Crippen molar-refractivity contribution in [2.45, 2.75) is 25.6 Å². The Hall–Kier alpha value is -1.74. The van der Waals surface area contributed by atoms with Crippen LogP contribution in [-0.2, 0) is 0 Å². The van der Waals surface area contributed by atoms with Gasteiger partial charge in [-0.15, -0.1) is 0 Å². The Labute approximate surface area is 95.9 Å². The molecule has 1 aromatic rings. The maximum Gasteiger partial charge on any atom is 0.177 e. The molecule has 1 atom stereocenters. The normalized spacial score (nSPS) is 11.8. The lowest BCUT2D eigenvalue weighted by Gasteiger charge is -2.06. The van der Waals surface area contributed by atoms with Crippen LogP contribution < -0.4 is 0 Å². The number of hydrogen-bond donors (Lipinski definition) is 2. The molecular formula is C14H14O2. The average molecular weight is 214 g/mol. The van der Waals surface area contributed by atoms with Gasteiger partial charge in [-0.2, -0.15) is 0 Å². The lowest BCUT2D eigenvalue weighted by molar-refractivity contribution is 0.143. The van der Waals surface area contributed by atoms with E-state index in [1.54, 1.807) is 13.8 Å². The molecule has 2 N–H and O–H groups in total. The largest absolute Gasteiger partial charge is 0.378 e. The van der Waals surface area contributed by atoms with Gasteiger partial charge in [-0.3, -0.25) is 0 Å². The molecule has 0 saturated carbocycles. The smallest absolute Gasteiger partial charge is 0.177 e. The van der Waals surface area contributed by atoms with Gasteiger partial charge in [-0.1, -0.05) is 41.9 Å². The van der Waals surface area contributed by atoms with Gasteiger partial charge < -0.3 is 10.2 Å². The highest BCUT2D eigenvalue weighted by molar-refractivity contribution is 5.36. The van der Waals surface area contributed by atoms with Crippen molar-refractivity contribution in [3.63, 3.8) is 0 Å². The van der Waals surface area contributed by atoms with E-state index in [2.05, 4.69) is 23.7 Å². The Bertz CT molecular complexity index is 447. The quantitative estimate of drug-likeness (QED) is 0.636. The Morgan fingerprint density at radius 1 is 1.12 bits per heavy atom. The van der Waals surface area contributed by atoms with Crippen LogP contribution in [0.1, 0.15) is 19.4 Å². The van der Waals surface area contributed by atoms with Crippen molar-refractivity contribution in [2.75, 3.05) is 0 Å². The molecule has 1 rings (SSSR count). The molecule has 0 aromatic heterocycles. The van der Waals surface area contributed by atoms with Crippen molar-refractivity contribution in [3.8, 4) is 23.7 Å². The zero-order valence-corrected chi connectivity index (χ0v) is 9.36. The molecule has 2 heteroatoms. The fourth-order valence-electron chi connectivity index (χ4n) is 0.954. The summed E-state index contributed by atoms with van der Waals surface area (Å²) in [5.74, 6) is 10.4. The fourth-order valence-corrected chi connectivity index (χ4v) is 0.954. The standard InChI is InChI=1S/C14H14O2/c1-14(2,16)11-10-13(15)9-8-12-6-4-3-5-7-12/h3-7,13,15-16H,1-2H3/t13-/m0/s1. The first-order valence-corrected chi connectivity index (χ1v) is 4.97. The zero-order valence-electron chi connectivity index (χ0n) is 9.36. The van der Waals surface area contributed by atoms with Gasteiger partial charge in [-0.05, 0) is 26.0 Å². The predicted molar refractivity (Wildman–Crippen MR) is 63.4 cm³/mol. The summed E-state index contributed by atoms with van der Waals surface area (Å²) >= 11 is 0. The molecule has 0 fully saturated rings. The number of aliphatic hydroxyl groups is 2. The highest BCUT2D eigenvalue weighted by Gasteiger charge is 2.06. The molecule has 0 unspecified atom stereocenters. The molecule has 0 radical (unpaired) electrons. The lowest BCUT2D eigenvalue weighted by atomic mass is 10.1.